The summed E-state index contributed by atoms with van der Waals surface area (Å²) in [7, 11) is -2.66. The van der Waals surface area contributed by atoms with Crippen LogP contribution in [-0.2, 0) is 21.4 Å². The van der Waals surface area contributed by atoms with E-state index >= 15 is 0 Å². The van der Waals surface area contributed by atoms with Crippen LogP contribution in [0.4, 0.5) is 14.5 Å². The van der Waals surface area contributed by atoms with Gasteiger partial charge in [-0.1, -0.05) is 6.07 Å². The molecule has 0 saturated heterocycles. The third-order valence-electron chi connectivity index (χ3n) is 4.77. The van der Waals surface area contributed by atoms with Crippen molar-refractivity contribution in [1.29, 1.82) is 0 Å². The van der Waals surface area contributed by atoms with E-state index in [1.165, 1.54) is 12.1 Å². The molecule has 0 amide bonds. The van der Waals surface area contributed by atoms with Crippen LogP contribution in [0.3, 0.4) is 0 Å². The minimum Gasteiger partial charge on any atom is -0.493 e. The number of ether oxygens (including phenoxy) is 3. The number of rotatable bonds is 10. The smallest absolute Gasteiger partial charge is 0.387 e. The van der Waals surface area contributed by atoms with Crippen molar-refractivity contribution in [3.63, 3.8) is 0 Å². The van der Waals surface area contributed by atoms with E-state index in [0.717, 1.165) is 38.2 Å². The van der Waals surface area contributed by atoms with Crippen molar-refractivity contribution < 1.29 is 41.1 Å². The van der Waals surface area contributed by atoms with E-state index in [-0.39, 0.29) is 27.8 Å². The van der Waals surface area contributed by atoms with Gasteiger partial charge in [-0.2, -0.15) is 8.78 Å². The van der Waals surface area contributed by atoms with Crippen molar-refractivity contribution in [2.24, 2.45) is 0 Å². The summed E-state index contributed by atoms with van der Waals surface area (Å²) in [6, 6.07) is 5.64. The minimum absolute atomic E-state index is 0.0408. The molecule has 1 saturated carbocycles. The first-order valence-electron chi connectivity index (χ1n) is 9.62. The van der Waals surface area contributed by atoms with Gasteiger partial charge in [-0.25, -0.2) is 17.9 Å². The lowest BCUT2D eigenvalue weighted by molar-refractivity contribution is -0.386. The number of alkyl halides is 2. The second-order valence-corrected chi connectivity index (χ2v) is 8.93. The van der Waals surface area contributed by atoms with Gasteiger partial charge in [0.2, 0.25) is 10.0 Å². The SMILES string of the molecule is COc1cc(COC(=O)c2cc(S(=O)(=O)NC3CC3)ccc2C)c([N+](=O)[O-])cc1OC(F)F. The molecule has 0 aliphatic heterocycles. The lowest BCUT2D eigenvalue weighted by Crippen LogP contribution is -2.26. The lowest BCUT2D eigenvalue weighted by atomic mass is 10.1. The van der Waals surface area contributed by atoms with E-state index in [0.29, 0.717) is 5.56 Å². The van der Waals surface area contributed by atoms with Gasteiger partial charge in [0.05, 0.1) is 34.1 Å². The Hall–Kier alpha value is -3.32. The highest BCUT2D eigenvalue weighted by Crippen LogP contribution is 2.36. The molecular weight excluding hydrogens is 466 g/mol. The highest BCUT2D eigenvalue weighted by molar-refractivity contribution is 7.89. The summed E-state index contributed by atoms with van der Waals surface area (Å²) < 4.78 is 66.8. The number of halogens is 2. The average Bonchev–Trinajstić information content (AvgIpc) is 3.55. The number of aryl methyl sites for hydroxylation is 1. The average molecular weight is 486 g/mol. The monoisotopic (exact) mass is 486 g/mol. The fraction of sp³-hybridized carbons (Fsp3) is 0.350. The number of carbonyl (C=O) groups excluding carboxylic acids is 1. The normalized spacial score (nSPS) is 13.6. The van der Waals surface area contributed by atoms with Crippen molar-refractivity contribution in [1.82, 2.24) is 4.72 Å². The number of nitro groups is 1. The molecule has 0 heterocycles. The number of sulfonamides is 1. The lowest BCUT2D eigenvalue weighted by Gasteiger charge is -2.13. The van der Waals surface area contributed by atoms with Crippen LogP contribution in [0.2, 0.25) is 0 Å². The zero-order valence-corrected chi connectivity index (χ0v) is 18.4. The number of nitro benzene ring substituents is 1. The number of nitrogens with zero attached hydrogens (tertiary/aromatic N) is 1. The predicted molar refractivity (Wildman–Crippen MR) is 110 cm³/mol. The molecule has 10 nitrogen and oxygen atoms in total. The Kier molecular flexibility index (Phi) is 7.12. The van der Waals surface area contributed by atoms with E-state index < -0.39 is 45.6 Å². The van der Waals surface area contributed by atoms with Gasteiger partial charge in [-0.3, -0.25) is 10.1 Å². The third kappa shape index (κ3) is 5.93. The number of hydrogen-bond donors (Lipinski definition) is 1. The Morgan fingerprint density at radius 3 is 2.52 bits per heavy atom. The zero-order valence-electron chi connectivity index (χ0n) is 17.5. The summed E-state index contributed by atoms with van der Waals surface area (Å²) >= 11 is 0. The topological polar surface area (TPSA) is 134 Å². The second-order valence-electron chi connectivity index (χ2n) is 7.22. The zero-order chi connectivity index (χ0) is 24.3. The maximum atomic E-state index is 12.6. The fourth-order valence-corrected chi connectivity index (χ4v) is 4.25. The number of carbonyl (C=O) groups is 1. The summed E-state index contributed by atoms with van der Waals surface area (Å²) in [4.78, 5) is 23.1. The van der Waals surface area contributed by atoms with Gasteiger partial charge in [-0.15, -0.1) is 0 Å². The molecule has 3 rings (SSSR count). The Balaban J connectivity index is 1.84. The number of hydrogen-bond acceptors (Lipinski definition) is 8. The number of nitrogens with one attached hydrogen (secondary N) is 1. The molecular formula is C20H20F2N2O8S. The molecule has 0 bridgehead atoms. The number of benzene rings is 2. The van der Waals surface area contributed by atoms with Gasteiger partial charge in [0, 0.05) is 6.04 Å². The second kappa shape index (κ2) is 9.67. The molecule has 0 spiro atoms. The van der Waals surface area contributed by atoms with Crippen LogP contribution in [0.15, 0.2) is 35.2 Å². The quantitative estimate of drug-likeness (QED) is 0.307. The van der Waals surface area contributed by atoms with E-state index in [1.807, 2.05) is 0 Å². The molecule has 0 atom stereocenters. The molecule has 1 fully saturated rings. The van der Waals surface area contributed by atoms with Crippen LogP contribution in [0.25, 0.3) is 0 Å². The van der Waals surface area contributed by atoms with Crippen molar-refractivity contribution in [3.8, 4) is 11.5 Å². The molecule has 33 heavy (non-hydrogen) atoms. The van der Waals surface area contributed by atoms with Crippen LogP contribution in [0.5, 0.6) is 11.5 Å². The van der Waals surface area contributed by atoms with E-state index in [9.17, 15) is 32.1 Å². The maximum absolute atomic E-state index is 12.6. The fourth-order valence-electron chi connectivity index (χ4n) is 2.92. The third-order valence-corrected chi connectivity index (χ3v) is 6.29. The minimum atomic E-state index is -3.82. The van der Waals surface area contributed by atoms with Crippen molar-refractivity contribution in [3.05, 3.63) is 57.1 Å². The first-order valence-corrected chi connectivity index (χ1v) is 11.1. The van der Waals surface area contributed by atoms with Crippen LogP contribution < -0.4 is 14.2 Å². The van der Waals surface area contributed by atoms with Crippen molar-refractivity contribution in [2.75, 3.05) is 7.11 Å². The van der Waals surface area contributed by atoms with Crippen LogP contribution in [0.1, 0.15) is 34.3 Å². The Morgan fingerprint density at radius 1 is 1.24 bits per heavy atom. The molecule has 178 valence electrons. The predicted octanol–water partition coefficient (Wildman–Crippen LogP) is 3.31. The summed E-state index contributed by atoms with van der Waals surface area (Å²) in [6.45, 7) is -2.26. The first kappa shape index (κ1) is 24.3. The first-order chi connectivity index (χ1) is 15.5. The molecule has 0 aromatic heterocycles. The summed E-state index contributed by atoms with van der Waals surface area (Å²) in [5.74, 6) is -1.69. The highest BCUT2D eigenvalue weighted by atomic mass is 32.2. The summed E-state index contributed by atoms with van der Waals surface area (Å²) in [6.07, 6.45) is 1.48. The van der Waals surface area contributed by atoms with Crippen LogP contribution in [-0.4, -0.2) is 39.1 Å². The Morgan fingerprint density at radius 2 is 1.94 bits per heavy atom. The molecule has 2 aromatic rings. The number of esters is 1. The van der Waals surface area contributed by atoms with Crippen molar-refractivity contribution >= 4 is 21.7 Å². The molecule has 1 aliphatic rings. The van der Waals surface area contributed by atoms with Gasteiger partial charge >= 0.3 is 12.6 Å². The van der Waals surface area contributed by atoms with Gasteiger partial charge in [0.1, 0.15) is 6.61 Å². The van der Waals surface area contributed by atoms with E-state index in [1.54, 1.807) is 6.92 Å². The van der Waals surface area contributed by atoms with E-state index in [2.05, 4.69) is 9.46 Å². The van der Waals surface area contributed by atoms with Gasteiger partial charge < -0.3 is 14.2 Å². The summed E-state index contributed by atoms with van der Waals surface area (Å²) in [5, 5.41) is 11.4. The maximum Gasteiger partial charge on any atom is 0.387 e. The van der Waals surface area contributed by atoms with E-state index in [4.69, 9.17) is 9.47 Å². The van der Waals surface area contributed by atoms with Gasteiger partial charge in [0.25, 0.3) is 5.69 Å². The Bertz CT molecular complexity index is 1180. The molecule has 1 aliphatic carbocycles. The standard InChI is InChI=1S/C20H20F2N2O8S/c1-11-3-6-14(33(28,29)23-13-4-5-13)8-15(11)19(25)31-10-12-7-17(30-2)18(32-20(21)22)9-16(12)24(26)27/h3,6-9,13,20,23H,4-5,10H2,1-2H3. The number of methoxy groups -OCH3 is 1. The van der Waals surface area contributed by atoms with Gasteiger partial charge in [0.15, 0.2) is 11.5 Å². The summed E-state index contributed by atoms with van der Waals surface area (Å²) in [5.41, 5.74) is -0.372. The molecule has 2 aromatic carbocycles. The largest absolute Gasteiger partial charge is 0.493 e. The van der Waals surface area contributed by atoms with Crippen LogP contribution >= 0.6 is 0 Å². The van der Waals surface area contributed by atoms with Gasteiger partial charge in [-0.05, 0) is 43.5 Å². The van der Waals surface area contributed by atoms with Crippen molar-refractivity contribution in [2.45, 2.75) is 43.9 Å². The highest BCUT2D eigenvalue weighted by Gasteiger charge is 2.29. The molecule has 0 radical (unpaired) electrons. The Labute approximate surface area is 187 Å². The molecule has 0 unspecified atom stereocenters. The molecule has 13 heteroatoms. The molecule has 1 N–H and O–H groups in total. The van der Waals surface area contributed by atoms with Crippen LogP contribution in [0, 0.1) is 17.0 Å².